The molecule has 0 saturated heterocycles. The maximum absolute atomic E-state index is 11.7. The van der Waals surface area contributed by atoms with E-state index in [0.717, 1.165) is 15.8 Å². The fourth-order valence-electron chi connectivity index (χ4n) is 1.67. The molecule has 0 aliphatic rings. The highest BCUT2D eigenvalue weighted by atomic mass is 32.1. The van der Waals surface area contributed by atoms with Crippen molar-refractivity contribution in [1.29, 1.82) is 0 Å². The van der Waals surface area contributed by atoms with Crippen molar-refractivity contribution >= 4 is 27.6 Å². The van der Waals surface area contributed by atoms with Crippen molar-refractivity contribution in [3.63, 3.8) is 0 Å². The SMILES string of the molecule is C=Cc1ccc2c(c1)sc(=O)n2C(C)C. The lowest BCUT2D eigenvalue weighted by Gasteiger charge is -2.06. The molecule has 0 unspecified atom stereocenters. The first-order chi connectivity index (χ1) is 7.13. The summed E-state index contributed by atoms with van der Waals surface area (Å²) in [5, 5.41) is 0. The van der Waals surface area contributed by atoms with Crippen LogP contribution in [0.15, 0.2) is 29.6 Å². The summed E-state index contributed by atoms with van der Waals surface area (Å²) in [6.07, 6.45) is 1.79. The van der Waals surface area contributed by atoms with Crippen molar-refractivity contribution in [2.75, 3.05) is 0 Å². The van der Waals surface area contributed by atoms with Crippen LogP contribution in [0.4, 0.5) is 0 Å². The minimum absolute atomic E-state index is 0.112. The number of benzene rings is 1. The van der Waals surface area contributed by atoms with Crippen LogP contribution >= 0.6 is 11.3 Å². The molecule has 0 spiro atoms. The Labute approximate surface area is 92.5 Å². The molecule has 1 heterocycles. The summed E-state index contributed by atoms with van der Waals surface area (Å²) >= 11 is 1.30. The second-order valence-electron chi connectivity index (χ2n) is 3.76. The second-order valence-corrected chi connectivity index (χ2v) is 4.76. The van der Waals surface area contributed by atoms with Crippen LogP contribution in [-0.4, -0.2) is 4.57 Å². The van der Waals surface area contributed by atoms with E-state index in [4.69, 9.17) is 0 Å². The normalized spacial score (nSPS) is 11.1. The molecule has 0 aliphatic heterocycles. The van der Waals surface area contributed by atoms with E-state index in [2.05, 4.69) is 6.58 Å². The van der Waals surface area contributed by atoms with Crippen molar-refractivity contribution in [2.24, 2.45) is 0 Å². The van der Waals surface area contributed by atoms with Crippen LogP contribution in [-0.2, 0) is 0 Å². The van der Waals surface area contributed by atoms with Gasteiger partial charge in [-0.2, -0.15) is 0 Å². The summed E-state index contributed by atoms with van der Waals surface area (Å²) in [6, 6.07) is 6.19. The van der Waals surface area contributed by atoms with Gasteiger partial charge >= 0.3 is 4.87 Å². The first kappa shape index (κ1) is 10.2. The molecule has 0 bridgehead atoms. The first-order valence-electron chi connectivity index (χ1n) is 4.91. The van der Waals surface area contributed by atoms with Crippen LogP contribution in [0, 0.1) is 0 Å². The lowest BCUT2D eigenvalue weighted by molar-refractivity contribution is 0.611. The molecule has 0 fully saturated rings. The third kappa shape index (κ3) is 1.63. The number of nitrogens with zero attached hydrogens (tertiary/aromatic N) is 1. The highest BCUT2D eigenvalue weighted by Crippen LogP contribution is 2.22. The molecule has 78 valence electrons. The van der Waals surface area contributed by atoms with Gasteiger partial charge in [0.25, 0.3) is 0 Å². The number of hydrogen-bond donors (Lipinski definition) is 0. The third-order valence-electron chi connectivity index (χ3n) is 2.39. The summed E-state index contributed by atoms with van der Waals surface area (Å²) in [5.41, 5.74) is 2.07. The fraction of sp³-hybridized carbons (Fsp3) is 0.250. The molecule has 0 N–H and O–H groups in total. The Hall–Kier alpha value is -1.35. The van der Waals surface area contributed by atoms with Gasteiger partial charge in [0.05, 0.1) is 10.2 Å². The zero-order valence-electron chi connectivity index (χ0n) is 8.86. The maximum atomic E-state index is 11.7. The van der Waals surface area contributed by atoms with Crippen LogP contribution in [0.3, 0.4) is 0 Å². The van der Waals surface area contributed by atoms with Gasteiger partial charge in [-0.05, 0) is 31.5 Å². The summed E-state index contributed by atoms with van der Waals surface area (Å²) in [4.78, 5) is 11.8. The van der Waals surface area contributed by atoms with Crippen LogP contribution in [0.1, 0.15) is 25.5 Å². The predicted octanol–water partition coefficient (Wildman–Crippen LogP) is 3.29. The number of hydrogen-bond acceptors (Lipinski definition) is 2. The summed E-state index contributed by atoms with van der Waals surface area (Å²) in [7, 11) is 0. The van der Waals surface area contributed by atoms with Crippen LogP contribution < -0.4 is 4.87 Å². The minimum Gasteiger partial charge on any atom is -0.296 e. The largest absolute Gasteiger partial charge is 0.308 e. The van der Waals surface area contributed by atoms with E-state index in [1.165, 1.54) is 11.3 Å². The predicted molar refractivity (Wildman–Crippen MR) is 66.6 cm³/mol. The van der Waals surface area contributed by atoms with E-state index in [1.54, 1.807) is 6.08 Å². The standard InChI is InChI=1S/C12H13NOS/c1-4-9-5-6-10-11(7-9)15-12(14)13(10)8(2)3/h4-8H,1H2,2-3H3. The lowest BCUT2D eigenvalue weighted by atomic mass is 10.2. The minimum atomic E-state index is 0.112. The van der Waals surface area contributed by atoms with Crippen molar-refractivity contribution in [2.45, 2.75) is 19.9 Å². The summed E-state index contributed by atoms with van der Waals surface area (Å²) in [5.74, 6) is 0. The summed E-state index contributed by atoms with van der Waals surface area (Å²) in [6.45, 7) is 7.77. The van der Waals surface area contributed by atoms with Gasteiger partial charge < -0.3 is 0 Å². The molecule has 2 nitrogen and oxygen atoms in total. The Balaban J connectivity index is 2.79. The van der Waals surface area contributed by atoms with Crippen LogP contribution in [0.25, 0.3) is 16.3 Å². The number of fused-ring (bicyclic) bond motifs is 1. The van der Waals surface area contributed by atoms with Crippen molar-refractivity contribution < 1.29 is 0 Å². The quantitative estimate of drug-likeness (QED) is 0.759. The molecule has 1 aromatic carbocycles. The zero-order valence-corrected chi connectivity index (χ0v) is 9.67. The first-order valence-corrected chi connectivity index (χ1v) is 5.72. The molecular formula is C12H13NOS. The Kier molecular flexibility index (Phi) is 2.49. The van der Waals surface area contributed by atoms with E-state index in [9.17, 15) is 4.79 Å². The lowest BCUT2D eigenvalue weighted by Crippen LogP contribution is -2.14. The molecule has 15 heavy (non-hydrogen) atoms. The number of aromatic nitrogens is 1. The second kappa shape index (κ2) is 3.66. The third-order valence-corrected chi connectivity index (χ3v) is 3.31. The van der Waals surface area contributed by atoms with Crippen molar-refractivity contribution in [3.8, 4) is 0 Å². The topological polar surface area (TPSA) is 22.0 Å². The van der Waals surface area contributed by atoms with Crippen LogP contribution in [0.5, 0.6) is 0 Å². The molecule has 2 aromatic rings. The van der Waals surface area contributed by atoms with E-state index in [1.807, 2.05) is 36.6 Å². The molecule has 2 rings (SSSR count). The average Bonchev–Trinajstić information content (AvgIpc) is 2.52. The monoisotopic (exact) mass is 219 g/mol. The van der Waals surface area contributed by atoms with Gasteiger partial charge in [-0.3, -0.25) is 9.36 Å². The highest BCUT2D eigenvalue weighted by molar-refractivity contribution is 7.16. The van der Waals surface area contributed by atoms with Gasteiger partial charge in [0.1, 0.15) is 0 Å². The zero-order chi connectivity index (χ0) is 11.0. The maximum Gasteiger partial charge on any atom is 0.308 e. The smallest absolute Gasteiger partial charge is 0.296 e. The average molecular weight is 219 g/mol. The van der Waals surface area contributed by atoms with Crippen LogP contribution in [0.2, 0.25) is 0 Å². The van der Waals surface area contributed by atoms with Crippen molar-refractivity contribution in [3.05, 3.63) is 40.0 Å². The molecule has 3 heteroatoms. The highest BCUT2D eigenvalue weighted by Gasteiger charge is 2.09. The number of thiazole rings is 1. The number of rotatable bonds is 2. The van der Waals surface area contributed by atoms with Gasteiger partial charge in [-0.1, -0.05) is 30.1 Å². The molecule has 0 atom stereocenters. The molecular weight excluding hydrogens is 206 g/mol. The van der Waals surface area contributed by atoms with E-state index < -0.39 is 0 Å². The fourth-order valence-corrected chi connectivity index (χ4v) is 2.73. The molecule has 0 aliphatic carbocycles. The summed E-state index contributed by atoms with van der Waals surface area (Å²) < 4.78 is 2.86. The van der Waals surface area contributed by atoms with Gasteiger partial charge in [-0.15, -0.1) is 0 Å². The van der Waals surface area contributed by atoms with Gasteiger partial charge in [-0.25, -0.2) is 0 Å². The molecule has 0 radical (unpaired) electrons. The van der Waals surface area contributed by atoms with E-state index in [0.29, 0.717) is 0 Å². The molecule has 0 saturated carbocycles. The van der Waals surface area contributed by atoms with E-state index in [-0.39, 0.29) is 10.9 Å². The van der Waals surface area contributed by atoms with Gasteiger partial charge in [0, 0.05) is 6.04 Å². The Morgan fingerprint density at radius 3 is 2.80 bits per heavy atom. The Morgan fingerprint density at radius 2 is 2.20 bits per heavy atom. The van der Waals surface area contributed by atoms with Crippen molar-refractivity contribution in [1.82, 2.24) is 4.57 Å². The molecule has 1 aromatic heterocycles. The van der Waals surface area contributed by atoms with Gasteiger partial charge in [0.2, 0.25) is 0 Å². The van der Waals surface area contributed by atoms with Gasteiger partial charge in [0.15, 0.2) is 0 Å². The van der Waals surface area contributed by atoms with E-state index >= 15 is 0 Å². The Bertz CT molecular complexity index is 562. The molecule has 0 amide bonds. The Morgan fingerprint density at radius 1 is 1.47 bits per heavy atom.